The first-order valence-corrected chi connectivity index (χ1v) is 8.02. The Morgan fingerprint density at radius 3 is 2.52 bits per heavy atom. The lowest BCUT2D eigenvalue weighted by Gasteiger charge is -2.12. The average molecular weight is 311 g/mol. The fourth-order valence-corrected chi connectivity index (χ4v) is 2.14. The highest BCUT2D eigenvalue weighted by Crippen LogP contribution is 2.15. The Balaban J connectivity index is 1.86. The predicted molar refractivity (Wildman–Crippen MR) is 95.7 cm³/mol. The van der Waals surface area contributed by atoms with Crippen LogP contribution in [0.2, 0.25) is 0 Å². The second-order valence-corrected chi connectivity index (χ2v) is 5.27. The van der Waals surface area contributed by atoms with E-state index in [1.165, 1.54) is 5.56 Å². The predicted octanol–water partition coefficient (Wildman–Crippen LogP) is 3.34. The zero-order chi connectivity index (χ0) is 16.3. The van der Waals surface area contributed by atoms with Crippen molar-refractivity contribution in [2.24, 2.45) is 4.99 Å². The molecule has 0 aliphatic heterocycles. The number of hydrogen-bond donors (Lipinski definition) is 2. The Hall–Kier alpha value is -2.49. The van der Waals surface area contributed by atoms with Gasteiger partial charge in [0.15, 0.2) is 5.96 Å². The van der Waals surface area contributed by atoms with Crippen LogP contribution < -0.4 is 15.4 Å². The summed E-state index contributed by atoms with van der Waals surface area (Å²) < 4.78 is 5.86. The Kier molecular flexibility index (Phi) is 6.98. The van der Waals surface area contributed by atoms with E-state index in [1.807, 2.05) is 30.3 Å². The van der Waals surface area contributed by atoms with Gasteiger partial charge in [0.2, 0.25) is 0 Å². The smallest absolute Gasteiger partial charge is 0.191 e. The summed E-state index contributed by atoms with van der Waals surface area (Å²) in [6.45, 7) is 4.34. The molecule has 0 amide bonds. The molecule has 0 saturated heterocycles. The van der Waals surface area contributed by atoms with Crippen LogP contribution in [0.3, 0.4) is 0 Å². The normalized spacial score (nSPS) is 11.1. The minimum atomic E-state index is 0.581. The lowest BCUT2D eigenvalue weighted by atomic mass is 10.2. The second kappa shape index (κ2) is 9.51. The highest BCUT2D eigenvalue weighted by molar-refractivity contribution is 5.79. The minimum Gasteiger partial charge on any atom is -0.489 e. The molecule has 0 radical (unpaired) electrons. The van der Waals surface area contributed by atoms with Crippen molar-refractivity contribution in [1.82, 2.24) is 10.6 Å². The number of benzene rings is 2. The maximum absolute atomic E-state index is 5.86. The first-order chi connectivity index (χ1) is 11.3. The highest BCUT2D eigenvalue weighted by atomic mass is 16.5. The first-order valence-electron chi connectivity index (χ1n) is 8.02. The Morgan fingerprint density at radius 1 is 1.00 bits per heavy atom. The quantitative estimate of drug-likeness (QED) is 0.609. The summed E-state index contributed by atoms with van der Waals surface area (Å²) in [5.41, 5.74) is 2.33. The molecule has 0 saturated carbocycles. The Morgan fingerprint density at radius 2 is 1.78 bits per heavy atom. The van der Waals surface area contributed by atoms with Crippen LogP contribution in [0.5, 0.6) is 5.75 Å². The molecule has 4 heteroatoms. The summed E-state index contributed by atoms with van der Waals surface area (Å²) in [7, 11) is 1.78. The monoisotopic (exact) mass is 311 g/mol. The van der Waals surface area contributed by atoms with Gasteiger partial charge in [-0.1, -0.05) is 49.4 Å². The maximum atomic E-state index is 5.86. The molecule has 0 aliphatic rings. The van der Waals surface area contributed by atoms with Crippen LogP contribution in [0.4, 0.5) is 0 Å². The molecular formula is C19H25N3O. The van der Waals surface area contributed by atoms with E-state index in [0.29, 0.717) is 13.2 Å². The van der Waals surface area contributed by atoms with Crippen molar-refractivity contribution in [2.75, 3.05) is 13.6 Å². The zero-order valence-corrected chi connectivity index (χ0v) is 13.9. The number of ether oxygens (including phenoxy) is 1. The van der Waals surface area contributed by atoms with Gasteiger partial charge in [0.05, 0.1) is 0 Å². The van der Waals surface area contributed by atoms with Crippen molar-refractivity contribution in [3.63, 3.8) is 0 Å². The molecule has 0 bridgehead atoms. The van der Waals surface area contributed by atoms with E-state index in [1.54, 1.807) is 7.05 Å². The van der Waals surface area contributed by atoms with E-state index in [0.717, 1.165) is 30.2 Å². The van der Waals surface area contributed by atoms with Crippen LogP contribution in [0.1, 0.15) is 24.5 Å². The third-order valence-corrected chi connectivity index (χ3v) is 3.37. The number of nitrogens with zero attached hydrogens (tertiary/aromatic N) is 1. The molecule has 0 fully saturated rings. The summed E-state index contributed by atoms with van der Waals surface area (Å²) in [4.78, 5) is 4.20. The number of rotatable bonds is 7. The van der Waals surface area contributed by atoms with Gasteiger partial charge in [0.1, 0.15) is 12.4 Å². The summed E-state index contributed by atoms with van der Waals surface area (Å²) >= 11 is 0. The number of aliphatic imine (C=N–C) groups is 1. The minimum absolute atomic E-state index is 0.581. The van der Waals surface area contributed by atoms with Crippen molar-refractivity contribution in [1.29, 1.82) is 0 Å². The van der Waals surface area contributed by atoms with Crippen molar-refractivity contribution >= 4 is 5.96 Å². The molecule has 0 heterocycles. The number of hydrogen-bond acceptors (Lipinski definition) is 2. The van der Waals surface area contributed by atoms with Gasteiger partial charge in [-0.3, -0.25) is 4.99 Å². The molecule has 0 spiro atoms. The molecule has 122 valence electrons. The number of nitrogens with one attached hydrogen (secondary N) is 2. The molecular weight excluding hydrogens is 286 g/mol. The fraction of sp³-hybridized carbons (Fsp3) is 0.316. The van der Waals surface area contributed by atoms with Crippen LogP contribution in [0.25, 0.3) is 0 Å². The molecule has 2 aromatic carbocycles. The molecule has 0 aliphatic carbocycles. The number of guanidine groups is 1. The summed E-state index contributed by atoms with van der Waals surface area (Å²) in [5, 5.41) is 6.56. The van der Waals surface area contributed by atoms with Crippen molar-refractivity contribution in [2.45, 2.75) is 26.5 Å². The van der Waals surface area contributed by atoms with Gasteiger partial charge in [0.25, 0.3) is 0 Å². The largest absolute Gasteiger partial charge is 0.489 e. The first kappa shape index (κ1) is 16.9. The topological polar surface area (TPSA) is 45.7 Å². The van der Waals surface area contributed by atoms with Crippen LogP contribution in [0.15, 0.2) is 59.6 Å². The molecule has 23 heavy (non-hydrogen) atoms. The highest BCUT2D eigenvalue weighted by Gasteiger charge is 2.00. The molecule has 0 aromatic heterocycles. The standard InChI is InChI=1S/C19H25N3O/c1-3-12-21-19(20-2)22-14-17-10-7-11-18(13-17)23-15-16-8-5-4-6-9-16/h4-11,13H,3,12,14-15H2,1-2H3,(H2,20,21,22). The van der Waals surface area contributed by atoms with Crippen LogP contribution >= 0.6 is 0 Å². The average Bonchev–Trinajstić information content (AvgIpc) is 2.61. The molecule has 0 unspecified atom stereocenters. The van der Waals surface area contributed by atoms with E-state index in [2.05, 4.69) is 46.8 Å². The summed E-state index contributed by atoms with van der Waals surface area (Å²) in [6, 6.07) is 18.3. The SMILES string of the molecule is CCCNC(=NC)NCc1cccc(OCc2ccccc2)c1. The lowest BCUT2D eigenvalue weighted by Crippen LogP contribution is -2.37. The zero-order valence-electron chi connectivity index (χ0n) is 13.9. The van der Waals surface area contributed by atoms with Gasteiger partial charge in [-0.05, 0) is 29.7 Å². The third-order valence-electron chi connectivity index (χ3n) is 3.37. The van der Waals surface area contributed by atoms with Crippen molar-refractivity contribution < 1.29 is 4.74 Å². The van der Waals surface area contributed by atoms with E-state index in [9.17, 15) is 0 Å². The van der Waals surface area contributed by atoms with Gasteiger partial charge in [-0.2, -0.15) is 0 Å². The maximum Gasteiger partial charge on any atom is 0.191 e. The van der Waals surface area contributed by atoms with Gasteiger partial charge >= 0.3 is 0 Å². The molecule has 2 N–H and O–H groups in total. The summed E-state index contributed by atoms with van der Waals surface area (Å²) in [6.07, 6.45) is 1.07. The van der Waals surface area contributed by atoms with Crippen LogP contribution in [-0.4, -0.2) is 19.6 Å². The van der Waals surface area contributed by atoms with Gasteiger partial charge < -0.3 is 15.4 Å². The van der Waals surface area contributed by atoms with Crippen LogP contribution in [-0.2, 0) is 13.2 Å². The molecule has 2 aromatic rings. The third kappa shape index (κ3) is 6.02. The van der Waals surface area contributed by atoms with Crippen LogP contribution in [0, 0.1) is 0 Å². The van der Waals surface area contributed by atoms with Gasteiger partial charge in [0, 0.05) is 20.1 Å². The second-order valence-electron chi connectivity index (χ2n) is 5.27. The van der Waals surface area contributed by atoms with E-state index in [4.69, 9.17) is 4.74 Å². The fourth-order valence-electron chi connectivity index (χ4n) is 2.14. The van der Waals surface area contributed by atoms with Gasteiger partial charge in [-0.15, -0.1) is 0 Å². The Bertz CT molecular complexity index is 611. The van der Waals surface area contributed by atoms with E-state index >= 15 is 0 Å². The van der Waals surface area contributed by atoms with Crippen molar-refractivity contribution in [3.8, 4) is 5.75 Å². The molecule has 0 atom stereocenters. The molecule has 4 nitrogen and oxygen atoms in total. The van der Waals surface area contributed by atoms with E-state index in [-0.39, 0.29) is 0 Å². The lowest BCUT2D eigenvalue weighted by molar-refractivity contribution is 0.306. The van der Waals surface area contributed by atoms with Gasteiger partial charge in [-0.25, -0.2) is 0 Å². The van der Waals surface area contributed by atoms with E-state index < -0.39 is 0 Å². The van der Waals surface area contributed by atoms with Crippen molar-refractivity contribution in [3.05, 3.63) is 65.7 Å². The molecule has 2 rings (SSSR count). The summed E-state index contributed by atoms with van der Waals surface area (Å²) in [5.74, 6) is 1.70. The Labute approximate surface area is 138 Å².